The Morgan fingerprint density at radius 3 is 2.56 bits per heavy atom. The maximum absolute atomic E-state index is 6.42. The van der Waals surface area contributed by atoms with Gasteiger partial charge >= 0.3 is 0 Å². The highest BCUT2D eigenvalue weighted by Crippen LogP contribution is 2.39. The lowest BCUT2D eigenvalue weighted by atomic mass is 9.86. The van der Waals surface area contributed by atoms with E-state index in [0.717, 1.165) is 61.4 Å². The zero-order valence-electron chi connectivity index (χ0n) is 19.2. The molecule has 2 aliphatic heterocycles. The third-order valence-electron chi connectivity index (χ3n) is 7.16. The molecule has 0 bridgehead atoms. The minimum atomic E-state index is -0.720. The number of benzene rings is 1. The minimum absolute atomic E-state index is 0.180. The molecular weight excluding hydrogens is 452 g/mol. The molecule has 0 unspecified atom stereocenters. The Morgan fingerprint density at radius 1 is 0.971 bits per heavy atom. The molecule has 1 saturated heterocycles. The first-order valence-electron chi connectivity index (χ1n) is 12.3. The summed E-state index contributed by atoms with van der Waals surface area (Å²) in [5, 5.41) is 10.1. The van der Waals surface area contributed by atoms with Crippen LogP contribution in [0.3, 0.4) is 0 Å². The van der Waals surface area contributed by atoms with Crippen LogP contribution in [-0.4, -0.2) is 44.9 Å². The number of halogens is 1. The van der Waals surface area contributed by atoms with Gasteiger partial charge in [0.1, 0.15) is 17.8 Å². The van der Waals surface area contributed by atoms with Crippen LogP contribution in [0.2, 0.25) is 5.02 Å². The summed E-state index contributed by atoms with van der Waals surface area (Å²) in [5.74, 6) is 2.20. The Kier molecular flexibility index (Phi) is 6.01. The second-order valence-electron chi connectivity index (χ2n) is 9.51. The molecule has 0 amide bonds. The Labute approximate surface area is 204 Å². The normalized spacial score (nSPS) is 24.0. The van der Waals surface area contributed by atoms with Crippen LogP contribution >= 0.6 is 11.6 Å². The summed E-state index contributed by atoms with van der Waals surface area (Å²) in [6, 6.07) is 11.8. The summed E-state index contributed by atoms with van der Waals surface area (Å²) in [5.41, 5.74) is 2.20. The predicted molar refractivity (Wildman–Crippen MR) is 128 cm³/mol. The number of aromatic nitrogens is 4. The fourth-order valence-corrected chi connectivity index (χ4v) is 5.67. The quantitative estimate of drug-likeness (QED) is 0.522. The molecule has 7 nitrogen and oxygen atoms in total. The van der Waals surface area contributed by atoms with E-state index in [1.807, 2.05) is 30.3 Å². The van der Waals surface area contributed by atoms with Crippen molar-refractivity contribution in [1.82, 2.24) is 19.7 Å². The highest BCUT2D eigenvalue weighted by Gasteiger charge is 2.41. The molecule has 2 fully saturated rings. The van der Waals surface area contributed by atoms with E-state index in [-0.39, 0.29) is 6.10 Å². The number of ether oxygens (including phenoxy) is 3. The van der Waals surface area contributed by atoms with Gasteiger partial charge in [0.15, 0.2) is 5.79 Å². The Balaban J connectivity index is 1.29. The average molecular weight is 481 g/mol. The molecule has 34 heavy (non-hydrogen) atoms. The Morgan fingerprint density at radius 2 is 1.79 bits per heavy atom. The summed E-state index contributed by atoms with van der Waals surface area (Å²) in [4.78, 5) is 4.31. The third kappa shape index (κ3) is 4.32. The summed E-state index contributed by atoms with van der Waals surface area (Å²) < 4.78 is 21.0. The van der Waals surface area contributed by atoms with Gasteiger partial charge in [-0.15, -0.1) is 10.2 Å². The van der Waals surface area contributed by atoms with E-state index in [2.05, 4.69) is 20.7 Å². The average Bonchev–Trinajstić information content (AvgIpc) is 3.03. The van der Waals surface area contributed by atoms with Crippen molar-refractivity contribution in [3.8, 4) is 11.6 Å². The number of hydrogen-bond acceptors (Lipinski definition) is 6. The van der Waals surface area contributed by atoms with Gasteiger partial charge in [0.05, 0.1) is 25.3 Å². The SMILES string of the molecule is Clc1ccc2c(c1)CC1(Cc3nnc(C4CCC(Oc5ccccn5)CC4)n3-2)OCCCCO1. The van der Waals surface area contributed by atoms with Gasteiger partial charge < -0.3 is 14.2 Å². The third-order valence-corrected chi connectivity index (χ3v) is 7.39. The van der Waals surface area contributed by atoms with Crippen LogP contribution in [0, 0.1) is 0 Å². The number of rotatable bonds is 3. The summed E-state index contributed by atoms with van der Waals surface area (Å²) in [7, 11) is 0. The summed E-state index contributed by atoms with van der Waals surface area (Å²) in [6.07, 6.45) is 9.11. The highest BCUT2D eigenvalue weighted by molar-refractivity contribution is 6.30. The van der Waals surface area contributed by atoms with Crippen molar-refractivity contribution in [2.45, 2.75) is 69.2 Å². The maximum atomic E-state index is 6.42. The van der Waals surface area contributed by atoms with Crippen molar-refractivity contribution in [3.05, 3.63) is 64.8 Å². The molecule has 1 spiro atoms. The van der Waals surface area contributed by atoms with Gasteiger partial charge in [0.2, 0.25) is 5.88 Å². The van der Waals surface area contributed by atoms with Gasteiger partial charge in [0.25, 0.3) is 0 Å². The second-order valence-corrected chi connectivity index (χ2v) is 9.95. The Hall–Kier alpha value is -2.48. The van der Waals surface area contributed by atoms with Crippen LogP contribution < -0.4 is 4.74 Å². The summed E-state index contributed by atoms with van der Waals surface area (Å²) >= 11 is 6.42. The van der Waals surface area contributed by atoms with Crippen molar-refractivity contribution < 1.29 is 14.2 Å². The smallest absolute Gasteiger partial charge is 0.213 e. The van der Waals surface area contributed by atoms with Crippen molar-refractivity contribution >= 4 is 11.6 Å². The molecule has 1 saturated carbocycles. The van der Waals surface area contributed by atoms with Crippen LogP contribution in [0.25, 0.3) is 5.69 Å². The molecule has 178 valence electrons. The van der Waals surface area contributed by atoms with Gasteiger partial charge in [0, 0.05) is 29.6 Å². The van der Waals surface area contributed by atoms with E-state index >= 15 is 0 Å². The molecule has 0 radical (unpaired) electrons. The van der Waals surface area contributed by atoms with E-state index in [1.54, 1.807) is 6.20 Å². The van der Waals surface area contributed by atoms with Crippen molar-refractivity contribution in [3.63, 3.8) is 0 Å². The van der Waals surface area contributed by atoms with Gasteiger partial charge in [-0.1, -0.05) is 17.7 Å². The lowest BCUT2D eigenvalue weighted by molar-refractivity contribution is -0.223. The fraction of sp³-hybridized carbons (Fsp3) is 0.500. The lowest BCUT2D eigenvalue weighted by Crippen LogP contribution is -2.40. The predicted octanol–water partition coefficient (Wildman–Crippen LogP) is 5.04. The molecule has 3 aliphatic rings. The number of pyridine rings is 1. The van der Waals surface area contributed by atoms with Gasteiger partial charge in [-0.3, -0.25) is 4.57 Å². The van der Waals surface area contributed by atoms with Crippen LogP contribution in [0.1, 0.15) is 61.7 Å². The van der Waals surface area contributed by atoms with Crippen LogP contribution in [0.15, 0.2) is 42.6 Å². The molecular formula is C26H29ClN4O3. The van der Waals surface area contributed by atoms with Gasteiger partial charge in [-0.05, 0) is 68.4 Å². The summed E-state index contributed by atoms with van der Waals surface area (Å²) in [6.45, 7) is 1.38. The molecule has 3 aromatic rings. The first-order chi connectivity index (χ1) is 16.7. The topological polar surface area (TPSA) is 71.3 Å². The molecule has 0 atom stereocenters. The van der Waals surface area contributed by atoms with Crippen LogP contribution in [0.4, 0.5) is 0 Å². The molecule has 6 rings (SSSR count). The fourth-order valence-electron chi connectivity index (χ4n) is 5.47. The van der Waals surface area contributed by atoms with Crippen molar-refractivity contribution in [2.75, 3.05) is 13.2 Å². The van der Waals surface area contributed by atoms with E-state index < -0.39 is 5.79 Å². The van der Waals surface area contributed by atoms with E-state index in [1.165, 1.54) is 0 Å². The molecule has 1 aliphatic carbocycles. The van der Waals surface area contributed by atoms with Gasteiger partial charge in [-0.2, -0.15) is 0 Å². The van der Waals surface area contributed by atoms with E-state index in [4.69, 9.17) is 30.9 Å². The number of fused-ring (bicyclic) bond motifs is 3. The Bertz CT molecular complexity index is 1140. The minimum Gasteiger partial charge on any atom is -0.474 e. The molecule has 1 aromatic carbocycles. The zero-order chi connectivity index (χ0) is 23.0. The van der Waals surface area contributed by atoms with Crippen LogP contribution in [0.5, 0.6) is 5.88 Å². The molecule has 0 N–H and O–H groups in total. The maximum Gasteiger partial charge on any atom is 0.213 e. The van der Waals surface area contributed by atoms with E-state index in [0.29, 0.717) is 42.9 Å². The molecule has 8 heteroatoms. The number of hydrogen-bond donors (Lipinski definition) is 0. The standard InChI is InChI=1S/C26H29ClN4O3/c27-20-8-11-22-19(15-20)16-26(32-13-3-4-14-33-26)17-23-29-30-25(31(22)23)18-6-9-21(10-7-18)34-24-5-1-2-12-28-24/h1-2,5,8,11-12,15,18,21H,3-4,6-7,9-10,13-14,16-17H2. The molecule has 4 heterocycles. The highest BCUT2D eigenvalue weighted by atomic mass is 35.5. The van der Waals surface area contributed by atoms with Crippen LogP contribution in [-0.2, 0) is 22.3 Å². The second kappa shape index (κ2) is 9.29. The number of nitrogens with zero attached hydrogens (tertiary/aromatic N) is 4. The zero-order valence-corrected chi connectivity index (χ0v) is 19.9. The monoisotopic (exact) mass is 480 g/mol. The first-order valence-corrected chi connectivity index (χ1v) is 12.7. The lowest BCUT2D eigenvalue weighted by Gasteiger charge is -2.30. The van der Waals surface area contributed by atoms with Crippen molar-refractivity contribution in [2.24, 2.45) is 0 Å². The largest absolute Gasteiger partial charge is 0.474 e. The molecule has 2 aromatic heterocycles. The van der Waals surface area contributed by atoms with Gasteiger partial charge in [-0.25, -0.2) is 4.98 Å². The van der Waals surface area contributed by atoms with E-state index in [9.17, 15) is 0 Å². The first kappa shape index (κ1) is 22.0. The van der Waals surface area contributed by atoms with Crippen molar-refractivity contribution in [1.29, 1.82) is 0 Å².